The van der Waals surface area contributed by atoms with Crippen LogP contribution >= 0.6 is 11.3 Å². The van der Waals surface area contributed by atoms with E-state index in [4.69, 9.17) is 9.72 Å². The Bertz CT molecular complexity index is 1500. The Hall–Kier alpha value is -3.34. The molecule has 4 aromatic rings. The molecule has 1 aliphatic heterocycles. The minimum atomic E-state index is -3.60. The highest BCUT2D eigenvalue weighted by atomic mass is 32.2. The lowest BCUT2D eigenvalue weighted by Crippen LogP contribution is -2.37. The summed E-state index contributed by atoms with van der Waals surface area (Å²) in [5.74, 6) is 0.956. The van der Waals surface area contributed by atoms with Crippen molar-refractivity contribution in [3.8, 4) is 5.75 Å². The number of benzene rings is 2. The fourth-order valence-corrected chi connectivity index (χ4v) is 6.78. The van der Waals surface area contributed by atoms with Crippen molar-refractivity contribution in [3.05, 3.63) is 78.1 Å². The molecule has 192 valence electrons. The Balaban J connectivity index is 1.45. The number of hydrogen-bond donors (Lipinski definition) is 0. The molecule has 5 rings (SSSR count). The summed E-state index contributed by atoms with van der Waals surface area (Å²) in [6.07, 6.45) is 3.39. The molecule has 8 nitrogen and oxygen atoms in total. The van der Waals surface area contributed by atoms with E-state index in [1.54, 1.807) is 30.3 Å². The summed E-state index contributed by atoms with van der Waals surface area (Å²) in [7, 11) is -1.99. The lowest BCUT2D eigenvalue weighted by atomic mass is 10.0. The second kappa shape index (κ2) is 10.6. The van der Waals surface area contributed by atoms with Crippen LogP contribution in [0.15, 0.2) is 71.8 Å². The normalized spacial score (nSPS) is 15.1. The number of ether oxygens (including phenoxy) is 1. The molecule has 2 aromatic heterocycles. The predicted molar refractivity (Wildman–Crippen MR) is 145 cm³/mol. The molecule has 0 N–H and O–H groups in total. The fraction of sp³-hybridized carbons (Fsp3) is 0.296. The number of rotatable bonds is 7. The molecule has 1 aliphatic rings. The number of carbonyl (C=O) groups is 1. The number of piperidine rings is 1. The van der Waals surface area contributed by atoms with Crippen LogP contribution in [0.1, 0.15) is 35.8 Å². The first kappa shape index (κ1) is 25.3. The molecule has 0 bridgehead atoms. The molecule has 1 fully saturated rings. The average Bonchev–Trinajstić information content (AvgIpc) is 3.35. The summed E-state index contributed by atoms with van der Waals surface area (Å²) in [6, 6.07) is 17.3. The number of carbonyl (C=O) groups excluding carboxylic acids is 1. The monoisotopic (exact) mass is 536 g/mol. The van der Waals surface area contributed by atoms with Gasteiger partial charge in [-0.3, -0.25) is 14.7 Å². The van der Waals surface area contributed by atoms with Gasteiger partial charge in [-0.05, 0) is 73.4 Å². The van der Waals surface area contributed by atoms with Crippen molar-refractivity contribution in [1.82, 2.24) is 14.3 Å². The maximum atomic E-state index is 13.7. The van der Waals surface area contributed by atoms with Crippen LogP contribution in [0.3, 0.4) is 0 Å². The van der Waals surface area contributed by atoms with E-state index >= 15 is 0 Å². The van der Waals surface area contributed by atoms with Gasteiger partial charge in [0.15, 0.2) is 5.13 Å². The van der Waals surface area contributed by atoms with Gasteiger partial charge < -0.3 is 4.74 Å². The molecule has 0 aliphatic carbocycles. The molecule has 1 amide bonds. The number of amides is 1. The minimum absolute atomic E-state index is 0.196. The number of anilines is 1. The van der Waals surface area contributed by atoms with Crippen molar-refractivity contribution in [2.75, 3.05) is 25.1 Å². The van der Waals surface area contributed by atoms with Crippen LogP contribution < -0.4 is 9.64 Å². The second-order valence-electron chi connectivity index (χ2n) is 9.15. The van der Waals surface area contributed by atoms with Crippen molar-refractivity contribution in [2.45, 2.75) is 31.2 Å². The lowest BCUT2D eigenvalue weighted by Gasteiger charge is -2.29. The number of fused-ring (bicyclic) bond motifs is 1. The first-order valence-corrected chi connectivity index (χ1v) is 14.4. The highest BCUT2D eigenvalue weighted by molar-refractivity contribution is 7.89. The van der Waals surface area contributed by atoms with Crippen molar-refractivity contribution in [3.63, 3.8) is 0 Å². The number of nitrogens with zero attached hydrogens (tertiary/aromatic N) is 4. The zero-order valence-corrected chi connectivity index (χ0v) is 22.3. The zero-order valence-electron chi connectivity index (χ0n) is 20.7. The van der Waals surface area contributed by atoms with Crippen LogP contribution in [0.4, 0.5) is 5.13 Å². The largest absolute Gasteiger partial charge is 0.497 e. The highest BCUT2D eigenvalue weighted by Gasteiger charge is 2.29. The Morgan fingerprint density at radius 2 is 1.86 bits per heavy atom. The Kier molecular flexibility index (Phi) is 7.23. The Morgan fingerprint density at radius 1 is 1.11 bits per heavy atom. The van der Waals surface area contributed by atoms with Crippen LogP contribution in [0.2, 0.25) is 0 Å². The van der Waals surface area contributed by atoms with E-state index in [0.717, 1.165) is 23.1 Å². The Labute approximate surface area is 220 Å². The number of pyridine rings is 1. The van der Waals surface area contributed by atoms with Gasteiger partial charge in [0.1, 0.15) is 5.75 Å². The van der Waals surface area contributed by atoms with Crippen molar-refractivity contribution >= 4 is 42.6 Å². The molecule has 2 aromatic carbocycles. The van der Waals surface area contributed by atoms with E-state index in [-0.39, 0.29) is 17.3 Å². The number of hydrogen-bond acceptors (Lipinski definition) is 7. The van der Waals surface area contributed by atoms with E-state index in [1.165, 1.54) is 27.8 Å². The highest BCUT2D eigenvalue weighted by Crippen LogP contribution is 2.33. The minimum Gasteiger partial charge on any atom is -0.497 e. The van der Waals surface area contributed by atoms with Crippen LogP contribution in [-0.4, -0.2) is 48.8 Å². The number of sulfonamides is 1. The summed E-state index contributed by atoms with van der Waals surface area (Å²) < 4.78 is 34.0. The zero-order chi connectivity index (χ0) is 26.0. The summed E-state index contributed by atoms with van der Waals surface area (Å²) >= 11 is 1.39. The topological polar surface area (TPSA) is 92.7 Å². The molecule has 3 heterocycles. The molecule has 0 spiro atoms. The molecule has 0 saturated carbocycles. The van der Waals surface area contributed by atoms with Crippen LogP contribution in [0, 0.1) is 5.92 Å². The van der Waals surface area contributed by atoms with Crippen molar-refractivity contribution < 1.29 is 17.9 Å². The quantitative estimate of drug-likeness (QED) is 0.331. The van der Waals surface area contributed by atoms with Gasteiger partial charge in [0.2, 0.25) is 10.0 Å². The number of aromatic nitrogens is 2. The predicted octanol–water partition coefficient (Wildman–Crippen LogP) is 4.97. The molecule has 0 unspecified atom stereocenters. The van der Waals surface area contributed by atoms with Gasteiger partial charge in [0.05, 0.1) is 34.5 Å². The maximum Gasteiger partial charge on any atom is 0.260 e. The van der Waals surface area contributed by atoms with Crippen LogP contribution in [0.5, 0.6) is 5.75 Å². The third-order valence-corrected chi connectivity index (χ3v) is 9.54. The van der Waals surface area contributed by atoms with Crippen molar-refractivity contribution in [2.24, 2.45) is 5.92 Å². The third-order valence-electron chi connectivity index (χ3n) is 6.59. The standard InChI is InChI=1S/C27H28N4O4S2/c1-19-12-15-30(16-13-19)37(33,34)23-9-6-20(7-10-23)26(32)31(18-21-5-3-4-14-28-21)27-29-24-11-8-22(35-2)17-25(24)36-27/h3-11,14,17,19H,12-13,15-16,18H2,1-2H3. The van der Waals surface area contributed by atoms with E-state index in [0.29, 0.717) is 41.1 Å². The fourth-order valence-electron chi connectivity index (χ4n) is 4.31. The number of thiazole rings is 1. The summed E-state index contributed by atoms with van der Waals surface area (Å²) in [6.45, 7) is 3.40. The van der Waals surface area contributed by atoms with Gasteiger partial charge in [-0.25, -0.2) is 13.4 Å². The van der Waals surface area contributed by atoms with Gasteiger partial charge in [-0.2, -0.15) is 4.31 Å². The smallest absolute Gasteiger partial charge is 0.260 e. The average molecular weight is 537 g/mol. The van der Waals surface area contributed by atoms with Gasteiger partial charge in [-0.15, -0.1) is 0 Å². The summed E-state index contributed by atoms with van der Waals surface area (Å²) in [5, 5.41) is 0.526. The molecule has 37 heavy (non-hydrogen) atoms. The third kappa shape index (κ3) is 5.36. The molecular formula is C27H28N4O4S2. The van der Waals surface area contributed by atoms with Gasteiger partial charge in [0.25, 0.3) is 5.91 Å². The van der Waals surface area contributed by atoms with Crippen LogP contribution in [0.25, 0.3) is 10.2 Å². The second-order valence-corrected chi connectivity index (χ2v) is 12.1. The lowest BCUT2D eigenvalue weighted by molar-refractivity contribution is 0.0984. The first-order chi connectivity index (χ1) is 17.8. The van der Waals surface area contributed by atoms with E-state index in [1.807, 2.05) is 36.4 Å². The van der Waals surface area contributed by atoms with Crippen LogP contribution in [-0.2, 0) is 16.6 Å². The van der Waals surface area contributed by atoms with Gasteiger partial charge >= 0.3 is 0 Å². The molecule has 10 heteroatoms. The Morgan fingerprint density at radius 3 is 2.54 bits per heavy atom. The van der Waals surface area contributed by atoms with Crippen molar-refractivity contribution in [1.29, 1.82) is 0 Å². The maximum absolute atomic E-state index is 13.7. The molecular weight excluding hydrogens is 508 g/mol. The summed E-state index contributed by atoms with van der Waals surface area (Å²) in [5.41, 5.74) is 1.85. The van der Waals surface area contributed by atoms with E-state index in [9.17, 15) is 13.2 Å². The number of methoxy groups -OCH3 is 1. The van der Waals surface area contributed by atoms with Gasteiger partial charge in [-0.1, -0.05) is 24.3 Å². The van der Waals surface area contributed by atoms with Gasteiger partial charge in [0, 0.05) is 24.8 Å². The SMILES string of the molecule is COc1ccc2nc(N(Cc3ccccn3)C(=O)c3ccc(S(=O)(=O)N4CCC(C)CC4)cc3)sc2c1. The summed E-state index contributed by atoms with van der Waals surface area (Å²) in [4.78, 5) is 24.6. The van der Waals surface area contributed by atoms with E-state index in [2.05, 4.69) is 11.9 Å². The molecule has 0 atom stereocenters. The van der Waals surface area contributed by atoms with E-state index < -0.39 is 10.0 Å². The molecule has 0 radical (unpaired) electrons. The first-order valence-electron chi connectivity index (χ1n) is 12.1. The molecule has 1 saturated heterocycles.